The van der Waals surface area contributed by atoms with Gasteiger partial charge in [0.1, 0.15) is 65.4 Å². The van der Waals surface area contributed by atoms with Crippen LogP contribution in [0.1, 0.15) is 0 Å². The second-order valence-electron chi connectivity index (χ2n) is 21.9. The molecular weight excluding hydrogens is 2020 g/mol. The molecule has 489 valence electrons. The smallest absolute Gasteiger partial charge is 0.744 e. The molecule has 99 heavy (non-hydrogen) atoms. The molecule has 4 N–H and O–H groups in total. The number of hydrogen-bond donors (Lipinski definition) is 4. The summed E-state index contributed by atoms with van der Waals surface area (Å²) in [6.45, 7) is 0. The van der Waals surface area contributed by atoms with Gasteiger partial charge < -0.3 is 29.0 Å². The summed E-state index contributed by atoms with van der Waals surface area (Å²) in [5.41, 5.74) is 8.10. The van der Waals surface area contributed by atoms with Gasteiger partial charge in [-0.25, -0.2) is 76.6 Å². The van der Waals surface area contributed by atoms with Crippen molar-refractivity contribution in [1.82, 2.24) is 79.7 Å². The maximum absolute atomic E-state index is 12.9. The van der Waals surface area contributed by atoms with Gasteiger partial charge in [-0.3, -0.25) is 0 Å². The van der Waals surface area contributed by atoms with E-state index >= 15 is 0 Å². The Balaban J connectivity index is 0.000000153. The van der Waals surface area contributed by atoms with Gasteiger partial charge in [-0.1, -0.05) is 97.1 Å². The maximum Gasteiger partial charge on any atom is 2.00 e. The molecule has 10 heterocycles. The largest absolute Gasteiger partial charge is 2.00 e. The average molecular weight is 2040 g/mol. The number of H-pyrrole nitrogens is 4. The van der Waals surface area contributed by atoms with Gasteiger partial charge >= 0.3 is 17.1 Å². The fourth-order valence-corrected chi connectivity index (χ4v) is 20.1. The van der Waals surface area contributed by atoms with Crippen LogP contribution < -0.4 is 0 Å². The number of aromatic amines is 4. The van der Waals surface area contributed by atoms with E-state index in [1.165, 1.54) is 0 Å². The second-order valence-corrected chi connectivity index (χ2v) is 32.6. The summed E-state index contributed by atoms with van der Waals surface area (Å²) in [5, 5.41) is 3.93. The van der Waals surface area contributed by atoms with Gasteiger partial charge in [0.2, 0.25) is 0 Å². The Kier molecular flexibility index (Phi) is 16.9. The van der Waals surface area contributed by atoms with Gasteiger partial charge in [0.15, 0.2) is 46.6 Å². The summed E-state index contributed by atoms with van der Waals surface area (Å²) in [5.74, 6) is 2.62. The first-order chi connectivity index (χ1) is 47.0. The van der Waals surface area contributed by atoms with E-state index in [9.17, 15) is 25.9 Å². The van der Waals surface area contributed by atoms with Crippen LogP contribution in [0.2, 0.25) is 0 Å². The first-order valence-electron chi connectivity index (χ1n) is 28.3. The van der Waals surface area contributed by atoms with E-state index in [4.69, 9.17) is 59.8 Å². The van der Waals surface area contributed by atoms with Gasteiger partial charge in [0.25, 0.3) is 0 Å². The van der Waals surface area contributed by atoms with E-state index in [2.05, 4.69) is 179 Å². The molecule has 0 amide bonds. The van der Waals surface area contributed by atoms with Crippen LogP contribution in [0.4, 0.5) is 0 Å². The summed E-state index contributed by atoms with van der Waals surface area (Å²) in [4.78, 5) is 71.0. The van der Waals surface area contributed by atoms with Crippen LogP contribution in [-0.4, -0.2) is 106 Å². The van der Waals surface area contributed by atoms with Gasteiger partial charge in [-0.15, -0.1) is 0 Å². The Labute approximate surface area is 649 Å². The predicted octanol–water partition coefficient (Wildman–Crippen LogP) is 19.2. The number of aromatic nitrogens is 16. The topological polar surface area (TPSA) is 332 Å². The van der Waals surface area contributed by atoms with Crippen LogP contribution in [0.3, 0.4) is 0 Å². The number of benzene rings is 8. The zero-order valence-corrected chi connectivity index (χ0v) is 66.7. The van der Waals surface area contributed by atoms with Crippen molar-refractivity contribution in [2.24, 2.45) is 0 Å². The number of fused-ring (bicyclic) bond motifs is 40. The van der Waals surface area contributed by atoms with Gasteiger partial charge in [-0.2, -0.15) is 0 Å². The van der Waals surface area contributed by atoms with E-state index in [1.807, 2.05) is 121 Å². The van der Waals surface area contributed by atoms with Crippen LogP contribution in [0.15, 0.2) is 176 Å². The van der Waals surface area contributed by atoms with Gasteiger partial charge in [0, 0.05) is 123 Å². The second kappa shape index (κ2) is 25.0. The number of nitrogens with one attached hydrogen (secondary N) is 4. The van der Waals surface area contributed by atoms with Crippen molar-refractivity contribution in [3.8, 4) is 91.1 Å². The Morgan fingerprint density at radius 2 is 0.515 bits per heavy atom. The maximum atomic E-state index is 12.9. The fraction of sp³-hybridized carbons (Fsp3) is 0. The summed E-state index contributed by atoms with van der Waals surface area (Å²) in [7, 11) is -10.1. The molecule has 4 aliphatic heterocycles. The minimum absolute atomic E-state index is 0. The number of halogens is 10. The zero-order chi connectivity index (χ0) is 67.9. The molecule has 0 spiro atoms. The van der Waals surface area contributed by atoms with Crippen molar-refractivity contribution in [2.75, 3.05) is 0 Å². The molecule has 14 aromatic rings. The van der Waals surface area contributed by atoms with Gasteiger partial charge in [-0.05, 0) is 184 Å². The third-order valence-electron chi connectivity index (χ3n) is 16.4. The fourth-order valence-electron chi connectivity index (χ4n) is 12.1. The van der Waals surface area contributed by atoms with Crippen LogP contribution >= 0.6 is 159 Å². The van der Waals surface area contributed by atoms with Crippen molar-refractivity contribution in [3.05, 3.63) is 166 Å². The van der Waals surface area contributed by atoms with E-state index in [0.29, 0.717) is 117 Å². The summed E-state index contributed by atoms with van der Waals surface area (Å²) >= 11 is 35.3. The monoisotopic (exact) mass is 2030 g/mol. The molecule has 8 aromatic carbocycles. The third kappa shape index (κ3) is 10.9. The number of nitrogens with zero attached hydrogens (tertiary/aromatic N) is 12. The molecule has 18 rings (SSSR count). The number of rotatable bonds is 2. The Morgan fingerprint density at radius 1 is 0.263 bits per heavy atom. The normalized spacial score (nSPS) is 12.3. The SMILES string of the molecule is O=S(=O)([O-])c1c(Br)c(Br)c(Br)c2c3nc4nc(nc5[nH]c(nc6nc(nc([nH]3)c12)-c1ccccc1-6)c1ccccc51)-c1ccc(Br)c(Br)c1-4.O=S(=O)([O-])c1c(Br)c(Br)c(Br)c2c3nc4nc(nc5[nH]c(nc6nc(nc([nH]3)c12)-c1ccccc1-6)c1ccccc51)-c1ccc(Br)c(Br)c1-4.[Cu+2]. The van der Waals surface area contributed by atoms with E-state index in [0.717, 1.165) is 30.5 Å². The first kappa shape index (κ1) is 67.1. The molecule has 0 saturated heterocycles. The zero-order valence-electron chi connectivity index (χ0n) is 48.3. The first-order valence-corrected chi connectivity index (χ1v) is 39.0. The molecule has 1 radical (unpaired) electrons. The molecular formula is C64H24Br10CuN16O6S2. The Hall–Kier alpha value is -6.38. The van der Waals surface area contributed by atoms with Crippen LogP contribution in [0.5, 0.6) is 0 Å². The molecule has 0 aliphatic carbocycles. The van der Waals surface area contributed by atoms with E-state index in [-0.39, 0.29) is 93.4 Å². The quantitative estimate of drug-likeness (QED) is 0.0709. The number of hydrogen-bond acceptors (Lipinski definition) is 18. The molecule has 4 aliphatic rings. The van der Waals surface area contributed by atoms with Crippen molar-refractivity contribution in [2.45, 2.75) is 9.79 Å². The standard InChI is InChI=1S/2C32H13Br5N8O3S.Cu/c2*33-16-10-9-15-17(20(16)34)30-43-29(15)41-27-12-6-2-1-5-11(12)25(39-27)38-26-13-7-3-4-8-14(13)28(40-26)42-32-19-18(31(44-30)45-32)21(35)22(36)23(37)24(19)49(46,47)48;/h2*1-10H,(H,46,47,48)(H2,38,39,40,41,42,43,44,45);/q;;+2/p-2. The third-order valence-corrected chi connectivity index (χ3v) is 29.6. The molecule has 16 bridgehead atoms. The molecule has 0 unspecified atom stereocenters. The molecule has 0 saturated carbocycles. The molecule has 0 atom stereocenters. The summed E-state index contributed by atoms with van der Waals surface area (Å²) in [6.07, 6.45) is 0. The molecule has 22 nitrogen and oxygen atoms in total. The minimum Gasteiger partial charge on any atom is -0.744 e. The average Bonchev–Trinajstić information content (AvgIpc) is 1.61. The summed E-state index contributed by atoms with van der Waals surface area (Å²) < 4.78 is 81.8. The van der Waals surface area contributed by atoms with Crippen molar-refractivity contribution in [3.63, 3.8) is 0 Å². The van der Waals surface area contributed by atoms with E-state index in [1.54, 1.807) is 0 Å². The predicted molar refractivity (Wildman–Crippen MR) is 405 cm³/mol. The van der Waals surface area contributed by atoms with Crippen molar-refractivity contribution in [1.29, 1.82) is 0 Å². The van der Waals surface area contributed by atoms with Crippen molar-refractivity contribution >= 4 is 268 Å². The Morgan fingerprint density at radius 3 is 0.828 bits per heavy atom. The Bertz CT molecular complexity index is 6300. The van der Waals surface area contributed by atoms with Gasteiger partial charge in [0.05, 0.1) is 18.7 Å². The minimum atomic E-state index is -5.06. The molecule has 0 fully saturated rings. The van der Waals surface area contributed by atoms with Crippen molar-refractivity contribution < 1.29 is 43.0 Å². The van der Waals surface area contributed by atoms with E-state index < -0.39 is 30.0 Å². The van der Waals surface area contributed by atoms with Crippen LogP contribution in [-0.2, 0) is 37.3 Å². The summed E-state index contributed by atoms with van der Waals surface area (Å²) in [6, 6.07) is 38.0. The molecule has 35 heteroatoms. The molecule has 6 aromatic heterocycles. The van der Waals surface area contributed by atoms with Crippen LogP contribution in [0, 0.1) is 0 Å². The van der Waals surface area contributed by atoms with Crippen LogP contribution in [0.25, 0.3) is 179 Å².